The Balaban J connectivity index is 2.04. The predicted molar refractivity (Wildman–Crippen MR) is 82.6 cm³/mol. The third-order valence-electron chi connectivity index (χ3n) is 4.32. The molecule has 1 aromatic carbocycles. The van der Waals surface area contributed by atoms with Gasteiger partial charge in [-0.05, 0) is 50.6 Å². The average Bonchev–Trinajstić information content (AvgIpc) is 2.46. The number of hydrogen-bond acceptors (Lipinski definition) is 3. The second kappa shape index (κ2) is 6.40. The van der Waals surface area contributed by atoms with Crippen LogP contribution in [0, 0.1) is 0 Å². The van der Waals surface area contributed by atoms with Gasteiger partial charge >= 0.3 is 0 Å². The molecule has 0 amide bonds. The number of anilines is 1. The van der Waals surface area contributed by atoms with E-state index in [9.17, 15) is 0 Å². The number of piperidine rings is 1. The lowest BCUT2D eigenvalue weighted by molar-refractivity contribution is 0.248. The van der Waals surface area contributed by atoms with Gasteiger partial charge in [0.05, 0.1) is 0 Å². The van der Waals surface area contributed by atoms with Gasteiger partial charge in [0, 0.05) is 31.4 Å². The maximum atomic E-state index is 6.06. The number of rotatable bonds is 4. The summed E-state index contributed by atoms with van der Waals surface area (Å²) in [7, 11) is 4.42. The molecule has 1 aliphatic rings. The van der Waals surface area contributed by atoms with Crippen LogP contribution < -0.4 is 10.6 Å². The Kier molecular flexibility index (Phi) is 4.83. The molecule has 1 aromatic rings. The first-order valence-electron chi connectivity index (χ1n) is 7.38. The Morgan fingerprint density at radius 1 is 1.37 bits per heavy atom. The van der Waals surface area contributed by atoms with E-state index in [-0.39, 0.29) is 6.04 Å². The summed E-state index contributed by atoms with van der Waals surface area (Å²) >= 11 is 0. The predicted octanol–water partition coefficient (Wildman–Crippen LogP) is 2.63. The van der Waals surface area contributed by atoms with Gasteiger partial charge in [-0.1, -0.05) is 19.1 Å². The van der Waals surface area contributed by atoms with Crippen LogP contribution in [0.15, 0.2) is 24.3 Å². The van der Waals surface area contributed by atoms with E-state index in [2.05, 4.69) is 55.1 Å². The summed E-state index contributed by atoms with van der Waals surface area (Å²) in [6.45, 7) is 4.52. The molecule has 1 saturated heterocycles. The first-order valence-corrected chi connectivity index (χ1v) is 7.38. The molecule has 19 heavy (non-hydrogen) atoms. The highest BCUT2D eigenvalue weighted by molar-refractivity contribution is 5.48. The summed E-state index contributed by atoms with van der Waals surface area (Å²) in [6, 6.07) is 9.56. The minimum atomic E-state index is 0.167. The van der Waals surface area contributed by atoms with E-state index in [1.165, 1.54) is 30.6 Å². The molecule has 0 spiro atoms. The lowest BCUT2D eigenvalue weighted by atomic mass is 10.0. The highest BCUT2D eigenvalue weighted by Crippen LogP contribution is 2.23. The molecule has 3 nitrogen and oxygen atoms in total. The van der Waals surface area contributed by atoms with E-state index in [0.717, 1.165) is 13.0 Å². The molecule has 1 unspecified atom stereocenters. The standard InChI is InChI=1S/C16H27N3/c1-4-16(17)13-7-9-14(10-8-13)19(3)15-6-5-11-18(2)12-15/h7-10,15-16H,4-6,11-12,17H2,1-3H3/t15?,16-/m1/s1. The average molecular weight is 261 g/mol. The summed E-state index contributed by atoms with van der Waals surface area (Å²) < 4.78 is 0. The van der Waals surface area contributed by atoms with Crippen molar-refractivity contribution in [2.45, 2.75) is 38.3 Å². The van der Waals surface area contributed by atoms with Crippen LogP contribution >= 0.6 is 0 Å². The van der Waals surface area contributed by atoms with Crippen molar-refractivity contribution in [3.63, 3.8) is 0 Å². The zero-order valence-corrected chi connectivity index (χ0v) is 12.5. The summed E-state index contributed by atoms with van der Waals surface area (Å²) in [5.74, 6) is 0. The molecule has 1 aliphatic heterocycles. The maximum absolute atomic E-state index is 6.06. The molecule has 0 aliphatic carbocycles. The maximum Gasteiger partial charge on any atom is 0.0414 e. The highest BCUT2D eigenvalue weighted by Gasteiger charge is 2.21. The van der Waals surface area contributed by atoms with Crippen molar-refractivity contribution >= 4 is 5.69 Å². The van der Waals surface area contributed by atoms with E-state index in [4.69, 9.17) is 5.73 Å². The Morgan fingerprint density at radius 2 is 2.05 bits per heavy atom. The fraction of sp³-hybridized carbons (Fsp3) is 0.625. The Bertz CT molecular complexity index is 387. The molecule has 2 atom stereocenters. The van der Waals surface area contributed by atoms with Crippen molar-refractivity contribution in [3.05, 3.63) is 29.8 Å². The van der Waals surface area contributed by atoms with E-state index < -0.39 is 0 Å². The van der Waals surface area contributed by atoms with Crippen LogP contribution in [0.1, 0.15) is 37.8 Å². The fourth-order valence-corrected chi connectivity index (χ4v) is 2.86. The molecular weight excluding hydrogens is 234 g/mol. The van der Waals surface area contributed by atoms with E-state index >= 15 is 0 Å². The van der Waals surface area contributed by atoms with Crippen molar-refractivity contribution in [1.82, 2.24) is 4.90 Å². The molecule has 0 bridgehead atoms. The number of benzene rings is 1. The summed E-state index contributed by atoms with van der Waals surface area (Å²) in [6.07, 6.45) is 3.57. The Labute approximate surface area is 117 Å². The zero-order valence-electron chi connectivity index (χ0n) is 12.5. The quantitative estimate of drug-likeness (QED) is 0.904. The minimum absolute atomic E-state index is 0.167. The molecule has 0 radical (unpaired) electrons. The van der Waals surface area contributed by atoms with Crippen LogP contribution in [0.3, 0.4) is 0 Å². The lowest BCUT2D eigenvalue weighted by Crippen LogP contribution is -2.45. The van der Waals surface area contributed by atoms with Crippen molar-refractivity contribution in [2.75, 3.05) is 32.1 Å². The van der Waals surface area contributed by atoms with Gasteiger partial charge in [-0.15, -0.1) is 0 Å². The van der Waals surface area contributed by atoms with Gasteiger partial charge < -0.3 is 15.5 Å². The first kappa shape index (κ1) is 14.4. The van der Waals surface area contributed by atoms with Crippen LogP contribution in [0.25, 0.3) is 0 Å². The number of nitrogens with zero attached hydrogens (tertiary/aromatic N) is 2. The third-order valence-corrected chi connectivity index (χ3v) is 4.32. The minimum Gasteiger partial charge on any atom is -0.370 e. The number of likely N-dealkylation sites (N-methyl/N-ethyl adjacent to an activating group) is 2. The van der Waals surface area contributed by atoms with Gasteiger partial charge in [0.25, 0.3) is 0 Å². The van der Waals surface area contributed by atoms with Gasteiger partial charge in [-0.2, -0.15) is 0 Å². The van der Waals surface area contributed by atoms with Crippen LogP contribution in [-0.2, 0) is 0 Å². The van der Waals surface area contributed by atoms with Crippen molar-refractivity contribution < 1.29 is 0 Å². The second-order valence-electron chi connectivity index (χ2n) is 5.78. The smallest absolute Gasteiger partial charge is 0.0414 e. The highest BCUT2D eigenvalue weighted by atomic mass is 15.2. The fourth-order valence-electron chi connectivity index (χ4n) is 2.86. The zero-order chi connectivity index (χ0) is 13.8. The lowest BCUT2D eigenvalue weighted by Gasteiger charge is -2.37. The monoisotopic (exact) mass is 261 g/mol. The van der Waals surface area contributed by atoms with Crippen molar-refractivity contribution in [2.24, 2.45) is 5.73 Å². The molecule has 1 heterocycles. The van der Waals surface area contributed by atoms with Gasteiger partial charge in [-0.25, -0.2) is 0 Å². The van der Waals surface area contributed by atoms with Crippen LogP contribution in [0.2, 0.25) is 0 Å². The molecule has 106 valence electrons. The van der Waals surface area contributed by atoms with E-state index in [1.807, 2.05) is 0 Å². The molecule has 0 aromatic heterocycles. The van der Waals surface area contributed by atoms with Gasteiger partial charge in [0.2, 0.25) is 0 Å². The number of likely N-dealkylation sites (tertiary alicyclic amines) is 1. The summed E-state index contributed by atoms with van der Waals surface area (Å²) in [5.41, 5.74) is 8.60. The van der Waals surface area contributed by atoms with E-state index in [0.29, 0.717) is 6.04 Å². The Morgan fingerprint density at radius 3 is 2.63 bits per heavy atom. The first-order chi connectivity index (χ1) is 9.11. The van der Waals surface area contributed by atoms with E-state index in [1.54, 1.807) is 0 Å². The van der Waals surface area contributed by atoms with Crippen LogP contribution in [-0.4, -0.2) is 38.1 Å². The topological polar surface area (TPSA) is 32.5 Å². The molecule has 1 fully saturated rings. The van der Waals surface area contributed by atoms with Gasteiger partial charge in [0.1, 0.15) is 0 Å². The SMILES string of the molecule is CC[C@@H](N)c1ccc(N(C)C2CCCN(C)C2)cc1. The van der Waals surface area contributed by atoms with Gasteiger partial charge in [-0.3, -0.25) is 0 Å². The summed E-state index contributed by atoms with van der Waals surface area (Å²) in [5, 5.41) is 0. The second-order valence-corrected chi connectivity index (χ2v) is 5.78. The van der Waals surface area contributed by atoms with Gasteiger partial charge in [0.15, 0.2) is 0 Å². The molecule has 3 heteroatoms. The third kappa shape index (κ3) is 3.48. The van der Waals surface area contributed by atoms with Crippen molar-refractivity contribution in [3.8, 4) is 0 Å². The van der Waals surface area contributed by atoms with Crippen LogP contribution in [0.4, 0.5) is 5.69 Å². The largest absolute Gasteiger partial charge is 0.370 e. The van der Waals surface area contributed by atoms with Crippen molar-refractivity contribution in [1.29, 1.82) is 0 Å². The number of hydrogen-bond donors (Lipinski definition) is 1. The van der Waals surface area contributed by atoms with Crippen LogP contribution in [0.5, 0.6) is 0 Å². The Hall–Kier alpha value is -1.06. The number of nitrogens with two attached hydrogens (primary N) is 1. The molecule has 0 saturated carbocycles. The normalized spacial score (nSPS) is 22.2. The summed E-state index contributed by atoms with van der Waals surface area (Å²) in [4.78, 5) is 4.84. The molecule has 2 N–H and O–H groups in total. The molecule has 2 rings (SSSR count). The molecular formula is C16H27N3.